The Labute approximate surface area is 89.7 Å². The molecule has 1 aromatic carbocycles. The molecule has 1 N–H and O–H groups in total. The molecule has 0 bridgehead atoms. The summed E-state index contributed by atoms with van der Waals surface area (Å²) < 4.78 is 5.32. The highest BCUT2D eigenvalue weighted by molar-refractivity contribution is 5.76. The lowest BCUT2D eigenvalue weighted by atomic mass is 10.1. The minimum Gasteiger partial charge on any atom is -0.479 e. The lowest BCUT2D eigenvalue weighted by Gasteiger charge is -2.19. The van der Waals surface area contributed by atoms with E-state index >= 15 is 0 Å². The van der Waals surface area contributed by atoms with Gasteiger partial charge in [0.1, 0.15) is 0 Å². The second kappa shape index (κ2) is 4.45. The fourth-order valence-corrected chi connectivity index (χ4v) is 1.01. The fourth-order valence-electron chi connectivity index (χ4n) is 1.01. The van der Waals surface area contributed by atoms with Crippen LogP contribution in [0.4, 0.5) is 0 Å². The van der Waals surface area contributed by atoms with Gasteiger partial charge in [-0.2, -0.15) is 0 Å². The van der Waals surface area contributed by atoms with Crippen LogP contribution in [0.15, 0.2) is 24.3 Å². The van der Waals surface area contributed by atoms with Gasteiger partial charge < -0.3 is 9.84 Å². The SMILES string of the molecule is Cc1ccc(COC(C)(C)C(=O)O)cc1. The van der Waals surface area contributed by atoms with E-state index < -0.39 is 11.6 Å². The number of ether oxygens (including phenoxy) is 1. The quantitative estimate of drug-likeness (QED) is 0.826. The number of carboxylic acid groups (broad SMARTS) is 1. The van der Waals surface area contributed by atoms with Crippen molar-refractivity contribution < 1.29 is 14.6 Å². The molecule has 0 saturated heterocycles. The molecular weight excluding hydrogens is 192 g/mol. The minimum atomic E-state index is -1.13. The summed E-state index contributed by atoms with van der Waals surface area (Å²) in [6, 6.07) is 7.83. The van der Waals surface area contributed by atoms with Gasteiger partial charge in [0.05, 0.1) is 6.61 Å². The molecule has 0 fully saturated rings. The molecule has 0 saturated carbocycles. The van der Waals surface area contributed by atoms with Crippen LogP contribution in [0.25, 0.3) is 0 Å². The second-order valence-corrected chi connectivity index (χ2v) is 4.09. The van der Waals surface area contributed by atoms with Gasteiger partial charge in [-0.25, -0.2) is 4.79 Å². The van der Waals surface area contributed by atoms with Crippen LogP contribution >= 0.6 is 0 Å². The standard InChI is InChI=1S/C12H16O3/c1-9-4-6-10(7-5-9)8-15-12(2,3)11(13)14/h4-7H,8H2,1-3H3,(H,13,14). The number of hydrogen-bond acceptors (Lipinski definition) is 2. The Bertz CT molecular complexity index is 338. The molecule has 0 unspecified atom stereocenters. The van der Waals surface area contributed by atoms with Crippen molar-refractivity contribution in [2.24, 2.45) is 0 Å². The molecule has 15 heavy (non-hydrogen) atoms. The van der Waals surface area contributed by atoms with Crippen LogP contribution in [-0.2, 0) is 16.1 Å². The van der Waals surface area contributed by atoms with Crippen molar-refractivity contribution in [1.29, 1.82) is 0 Å². The highest BCUT2D eigenvalue weighted by Crippen LogP contribution is 2.13. The van der Waals surface area contributed by atoms with Crippen LogP contribution in [0, 0.1) is 6.92 Å². The Kier molecular flexibility index (Phi) is 3.48. The average molecular weight is 208 g/mol. The fraction of sp³-hybridized carbons (Fsp3) is 0.417. The summed E-state index contributed by atoms with van der Waals surface area (Å²) in [7, 11) is 0. The normalized spacial score (nSPS) is 11.4. The zero-order chi connectivity index (χ0) is 11.5. The highest BCUT2D eigenvalue weighted by Gasteiger charge is 2.27. The summed E-state index contributed by atoms with van der Waals surface area (Å²) in [6.45, 7) is 5.42. The largest absolute Gasteiger partial charge is 0.479 e. The molecule has 0 atom stereocenters. The van der Waals surface area contributed by atoms with E-state index in [9.17, 15) is 4.79 Å². The van der Waals surface area contributed by atoms with Crippen molar-refractivity contribution in [2.45, 2.75) is 33.0 Å². The van der Waals surface area contributed by atoms with E-state index in [4.69, 9.17) is 9.84 Å². The molecule has 1 rings (SSSR count). The number of aryl methyl sites for hydroxylation is 1. The number of hydrogen-bond donors (Lipinski definition) is 1. The van der Waals surface area contributed by atoms with Gasteiger partial charge in [0.2, 0.25) is 0 Å². The van der Waals surface area contributed by atoms with Crippen LogP contribution in [0.2, 0.25) is 0 Å². The van der Waals surface area contributed by atoms with Gasteiger partial charge >= 0.3 is 5.97 Å². The predicted octanol–water partition coefficient (Wildman–Crippen LogP) is 2.37. The first kappa shape index (κ1) is 11.7. The van der Waals surface area contributed by atoms with Crippen LogP contribution < -0.4 is 0 Å². The van der Waals surface area contributed by atoms with Crippen LogP contribution in [0.1, 0.15) is 25.0 Å². The maximum atomic E-state index is 10.8. The van der Waals surface area contributed by atoms with Crippen molar-refractivity contribution >= 4 is 5.97 Å². The van der Waals surface area contributed by atoms with Crippen molar-refractivity contribution in [3.05, 3.63) is 35.4 Å². The Balaban J connectivity index is 2.57. The Hall–Kier alpha value is -1.35. The van der Waals surface area contributed by atoms with Crippen molar-refractivity contribution in [3.8, 4) is 0 Å². The predicted molar refractivity (Wildman–Crippen MR) is 57.7 cm³/mol. The van der Waals surface area contributed by atoms with Gasteiger partial charge in [-0.15, -0.1) is 0 Å². The monoisotopic (exact) mass is 208 g/mol. The van der Waals surface area contributed by atoms with Crippen molar-refractivity contribution in [1.82, 2.24) is 0 Å². The average Bonchev–Trinajstić information content (AvgIpc) is 2.17. The van der Waals surface area contributed by atoms with Crippen LogP contribution in [0.5, 0.6) is 0 Å². The second-order valence-electron chi connectivity index (χ2n) is 4.09. The molecule has 0 spiro atoms. The molecule has 0 aromatic heterocycles. The first-order valence-electron chi connectivity index (χ1n) is 4.85. The molecule has 0 aliphatic heterocycles. The summed E-state index contributed by atoms with van der Waals surface area (Å²) in [4.78, 5) is 10.8. The molecule has 0 radical (unpaired) electrons. The van der Waals surface area contributed by atoms with E-state index in [1.54, 1.807) is 13.8 Å². The van der Waals surface area contributed by atoms with Gasteiger partial charge in [0.25, 0.3) is 0 Å². The zero-order valence-corrected chi connectivity index (χ0v) is 9.28. The van der Waals surface area contributed by atoms with E-state index in [1.165, 1.54) is 5.56 Å². The summed E-state index contributed by atoms with van der Waals surface area (Å²) >= 11 is 0. The smallest absolute Gasteiger partial charge is 0.335 e. The van der Waals surface area contributed by atoms with Gasteiger partial charge in [0.15, 0.2) is 5.60 Å². The first-order valence-corrected chi connectivity index (χ1v) is 4.85. The van der Waals surface area contributed by atoms with E-state index in [0.29, 0.717) is 6.61 Å². The number of carbonyl (C=O) groups is 1. The third-order valence-electron chi connectivity index (χ3n) is 2.24. The van der Waals surface area contributed by atoms with Crippen LogP contribution in [-0.4, -0.2) is 16.7 Å². The summed E-state index contributed by atoms with van der Waals surface area (Å²) in [5.41, 5.74) is 1.02. The number of benzene rings is 1. The Morgan fingerprint density at radius 2 is 1.87 bits per heavy atom. The lowest BCUT2D eigenvalue weighted by Crippen LogP contribution is -2.34. The minimum absolute atomic E-state index is 0.319. The lowest BCUT2D eigenvalue weighted by molar-refractivity contribution is -0.162. The molecule has 0 aliphatic carbocycles. The van der Waals surface area contributed by atoms with Gasteiger partial charge in [-0.05, 0) is 26.3 Å². The first-order chi connectivity index (χ1) is 6.92. The summed E-state index contributed by atoms with van der Waals surface area (Å²) in [6.07, 6.45) is 0. The molecule has 3 nitrogen and oxygen atoms in total. The Morgan fingerprint density at radius 3 is 2.33 bits per heavy atom. The van der Waals surface area contributed by atoms with Crippen molar-refractivity contribution in [2.75, 3.05) is 0 Å². The maximum absolute atomic E-state index is 10.8. The number of carboxylic acids is 1. The summed E-state index contributed by atoms with van der Waals surface area (Å²) in [5, 5.41) is 8.84. The topological polar surface area (TPSA) is 46.5 Å². The van der Waals surface area contributed by atoms with E-state index in [2.05, 4.69) is 0 Å². The van der Waals surface area contributed by atoms with E-state index in [1.807, 2.05) is 31.2 Å². The Morgan fingerprint density at radius 1 is 1.33 bits per heavy atom. The molecule has 3 heteroatoms. The molecule has 0 aliphatic rings. The van der Waals surface area contributed by atoms with E-state index in [0.717, 1.165) is 5.56 Å². The molecule has 0 heterocycles. The molecule has 0 amide bonds. The third-order valence-corrected chi connectivity index (χ3v) is 2.24. The number of rotatable bonds is 4. The van der Waals surface area contributed by atoms with Gasteiger partial charge in [-0.3, -0.25) is 0 Å². The van der Waals surface area contributed by atoms with Crippen molar-refractivity contribution in [3.63, 3.8) is 0 Å². The van der Waals surface area contributed by atoms with Gasteiger partial charge in [-0.1, -0.05) is 29.8 Å². The summed E-state index contributed by atoms with van der Waals surface area (Å²) in [5.74, 6) is -0.949. The maximum Gasteiger partial charge on any atom is 0.335 e. The zero-order valence-electron chi connectivity index (χ0n) is 9.28. The number of aliphatic carboxylic acids is 1. The highest BCUT2D eigenvalue weighted by atomic mass is 16.5. The molecule has 1 aromatic rings. The van der Waals surface area contributed by atoms with Crippen LogP contribution in [0.3, 0.4) is 0 Å². The molecule has 82 valence electrons. The molecular formula is C12H16O3. The third kappa shape index (κ3) is 3.36. The van der Waals surface area contributed by atoms with Gasteiger partial charge in [0, 0.05) is 0 Å². The van der Waals surface area contributed by atoms with E-state index in [-0.39, 0.29) is 0 Å².